The Morgan fingerprint density at radius 2 is 2.00 bits per heavy atom. The lowest BCUT2D eigenvalue weighted by Gasteiger charge is -2.17. The highest BCUT2D eigenvalue weighted by Crippen LogP contribution is 2.49. The minimum Gasteiger partial charge on any atom is -0.486 e. The number of hydrogen-bond donors (Lipinski definition) is 1. The monoisotopic (exact) mass is 238 g/mol. The molecule has 0 saturated heterocycles. The van der Waals surface area contributed by atoms with Crippen molar-refractivity contribution < 1.29 is 9.84 Å². The van der Waals surface area contributed by atoms with Crippen molar-refractivity contribution in [2.24, 2.45) is 0 Å². The molecule has 0 aromatic heterocycles. The first kappa shape index (κ1) is 10.4. The highest BCUT2D eigenvalue weighted by Gasteiger charge is 2.43. The fourth-order valence-electron chi connectivity index (χ4n) is 2.34. The van der Waals surface area contributed by atoms with Crippen LogP contribution < -0.4 is 4.74 Å². The fraction of sp³-hybridized carbons (Fsp3) is 0.538. The van der Waals surface area contributed by atoms with Crippen molar-refractivity contribution in [1.29, 1.82) is 0 Å². The van der Waals surface area contributed by atoms with E-state index < -0.39 is 5.60 Å². The molecular weight excluding hydrogens is 224 g/mol. The maximum absolute atomic E-state index is 10.1. The number of aliphatic hydroxyl groups is 1. The summed E-state index contributed by atoms with van der Waals surface area (Å²) in [6.45, 7) is 4.10. The first-order valence-electron chi connectivity index (χ1n) is 5.64. The third-order valence-electron chi connectivity index (χ3n) is 3.38. The summed E-state index contributed by atoms with van der Waals surface area (Å²) < 4.78 is 5.80. The normalized spacial score (nSPS) is 23.8. The van der Waals surface area contributed by atoms with Gasteiger partial charge in [0, 0.05) is 12.0 Å². The highest BCUT2D eigenvalue weighted by atomic mass is 35.5. The Morgan fingerprint density at radius 1 is 1.31 bits per heavy atom. The molecule has 3 rings (SSSR count). The van der Waals surface area contributed by atoms with Crippen molar-refractivity contribution in [3.05, 3.63) is 28.3 Å². The summed E-state index contributed by atoms with van der Waals surface area (Å²) in [6.07, 6.45) is 2.53. The minimum absolute atomic E-state index is 0.184. The first-order chi connectivity index (χ1) is 7.40. The molecule has 0 unspecified atom stereocenters. The molecule has 1 aromatic carbocycles. The first-order valence-corrected chi connectivity index (χ1v) is 6.02. The molecule has 1 aliphatic heterocycles. The molecule has 0 amide bonds. The third kappa shape index (κ3) is 1.52. The molecule has 1 aliphatic carbocycles. The molecule has 0 radical (unpaired) electrons. The summed E-state index contributed by atoms with van der Waals surface area (Å²) in [5.74, 6) is 0.791. The molecule has 1 fully saturated rings. The van der Waals surface area contributed by atoms with Gasteiger partial charge in [-0.25, -0.2) is 0 Å². The minimum atomic E-state index is -0.620. The number of rotatable bonds is 1. The Kier molecular flexibility index (Phi) is 1.91. The van der Waals surface area contributed by atoms with Gasteiger partial charge in [0.2, 0.25) is 0 Å². The molecule has 3 heteroatoms. The van der Waals surface area contributed by atoms with Crippen molar-refractivity contribution in [2.45, 2.75) is 44.3 Å². The van der Waals surface area contributed by atoms with Crippen molar-refractivity contribution >= 4 is 11.6 Å². The average Bonchev–Trinajstić information content (AvgIpc) is 2.82. The van der Waals surface area contributed by atoms with Gasteiger partial charge in [0.05, 0.1) is 10.6 Å². The second-order valence-electron chi connectivity index (χ2n) is 5.52. The average molecular weight is 239 g/mol. The van der Waals surface area contributed by atoms with Crippen molar-refractivity contribution in [3.63, 3.8) is 0 Å². The Morgan fingerprint density at radius 3 is 2.62 bits per heavy atom. The quantitative estimate of drug-likeness (QED) is 0.815. The summed E-state index contributed by atoms with van der Waals surface area (Å²) in [7, 11) is 0. The Labute approximate surface area is 100 Å². The van der Waals surface area contributed by atoms with E-state index in [1.165, 1.54) is 0 Å². The molecule has 86 valence electrons. The van der Waals surface area contributed by atoms with Crippen LogP contribution in [0.4, 0.5) is 0 Å². The lowest BCUT2D eigenvalue weighted by molar-refractivity contribution is 0.138. The lowest BCUT2D eigenvalue weighted by atomic mass is 9.98. The van der Waals surface area contributed by atoms with Gasteiger partial charge < -0.3 is 9.84 Å². The second-order valence-corrected chi connectivity index (χ2v) is 5.92. The summed E-state index contributed by atoms with van der Waals surface area (Å²) in [6, 6.07) is 3.89. The van der Waals surface area contributed by atoms with Crippen LogP contribution in [0.5, 0.6) is 5.75 Å². The molecule has 16 heavy (non-hydrogen) atoms. The van der Waals surface area contributed by atoms with E-state index >= 15 is 0 Å². The van der Waals surface area contributed by atoms with Gasteiger partial charge in [0.1, 0.15) is 11.4 Å². The molecule has 0 bridgehead atoms. The molecule has 0 atom stereocenters. The van der Waals surface area contributed by atoms with Gasteiger partial charge in [-0.3, -0.25) is 0 Å². The van der Waals surface area contributed by atoms with Crippen molar-refractivity contribution in [2.75, 3.05) is 0 Å². The number of hydrogen-bond acceptors (Lipinski definition) is 2. The molecule has 2 nitrogen and oxygen atoms in total. The van der Waals surface area contributed by atoms with Gasteiger partial charge in [-0.05, 0) is 44.4 Å². The van der Waals surface area contributed by atoms with Crippen LogP contribution in [0.1, 0.15) is 37.8 Å². The van der Waals surface area contributed by atoms with Gasteiger partial charge >= 0.3 is 0 Å². The SMILES string of the molecule is CC1(C)Cc2cc(C3(O)CC3)cc(Cl)c2O1. The maximum Gasteiger partial charge on any atom is 0.142 e. The van der Waals surface area contributed by atoms with Crippen LogP contribution in [-0.4, -0.2) is 10.7 Å². The second kappa shape index (κ2) is 2.93. The molecule has 0 spiro atoms. The van der Waals surface area contributed by atoms with Gasteiger partial charge in [0.25, 0.3) is 0 Å². The van der Waals surface area contributed by atoms with Crippen LogP contribution in [0.2, 0.25) is 5.02 Å². The van der Waals surface area contributed by atoms with Crippen LogP contribution in [0.3, 0.4) is 0 Å². The predicted octanol–water partition coefficient (Wildman–Crippen LogP) is 3.03. The summed E-state index contributed by atoms with van der Waals surface area (Å²) in [5, 5.41) is 10.7. The number of benzene rings is 1. The van der Waals surface area contributed by atoms with E-state index in [0.717, 1.165) is 36.1 Å². The zero-order chi connectivity index (χ0) is 11.6. The van der Waals surface area contributed by atoms with Crippen LogP contribution in [0.25, 0.3) is 0 Å². The van der Waals surface area contributed by atoms with Gasteiger partial charge in [-0.15, -0.1) is 0 Å². The zero-order valence-electron chi connectivity index (χ0n) is 9.51. The molecule has 1 N–H and O–H groups in total. The van der Waals surface area contributed by atoms with Crippen LogP contribution in [0, 0.1) is 0 Å². The summed E-state index contributed by atoms with van der Waals surface area (Å²) >= 11 is 6.20. The smallest absolute Gasteiger partial charge is 0.142 e. The van der Waals surface area contributed by atoms with Crippen LogP contribution >= 0.6 is 11.6 Å². The van der Waals surface area contributed by atoms with Crippen molar-refractivity contribution in [3.8, 4) is 5.75 Å². The van der Waals surface area contributed by atoms with E-state index in [1.54, 1.807) is 0 Å². The Bertz CT molecular complexity index is 461. The topological polar surface area (TPSA) is 29.5 Å². The zero-order valence-corrected chi connectivity index (χ0v) is 10.3. The van der Waals surface area contributed by atoms with Crippen LogP contribution in [0.15, 0.2) is 12.1 Å². The molecule has 1 heterocycles. The van der Waals surface area contributed by atoms with E-state index in [9.17, 15) is 5.11 Å². The molecule has 2 aliphatic rings. The van der Waals surface area contributed by atoms with Crippen LogP contribution in [-0.2, 0) is 12.0 Å². The van der Waals surface area contributed by atoms with Gasteiger partial charge in [-0.1, -0.05) is 11.6 Å². The maximum atomic E-state index is 10.1. The number of halogens is 1. The van der Waals surface area contributed by atoms with Gasteiger partial charge in [0.15, 0.2) is 0 Å². The summed E-state index contributed by atoms with van der Waals surface area (Å²) in [4.78, 5) is 0. The molecule has 1 saturated carbocycles. The van der Waals surface area contributed by atoms with Gasteiger partial charge in [-0.2, -0.15) is 0 Å². The van der Waals surface area contributed by atoms with Crippen molar-refractivity contribution in [1.82, 2.24) is 0 Å². The molecular formula is C13H15ClO2. The highest BCUT2D eigenvalue weighted by molar-refractivity contribution is 6.32. The third-order valence-corrected chi connectivity index (χ3v) is 3.66. The van der Waals surface area contributed by atoms with E-state index in [4.69, 9.17) is 16.3 Å². The Balaban J connectivity index is 2.07. The van der Waals surface area contributed by atoms with E-state index in [-0.39, 0.29) is 5.60 Å². The van der Waals surface area contributed by atoms with E-state index in [1.807, 2.05) is 12.1 Å². The molecule has 1 aromatic rings. The predicted molar refractivity (Wildman–Crippen MR) is 63.0 cm³/mol. The standard InChI is InChI=1S/C13H15ClO2/c1-12(2)7-8-5-9(13(15)3-4-13)6-10(14)11(8)16-12/h5-6,15H,3-4,7H2,1-2H3. The van der Waals surface area contributed by atoms with E-state index in [2.05, 4.69) is 13.8 Å². The Hall–Kier alpha value is -0.730. The lowest BCUT2D eigenvalue weighted by Crippen LogP contribution is -2.24. The fourth-order valence-corrected chi connectivity index (χ4v) is 2.62. The summed E-state index contributed by atoms with van der Waals surface area (Å²) in [5.41, 5.74) is 1.26. The van der Waals surface area contributed by atoms with E-state index in [0.29, 0.717) is 5.02 Å². The largest absolute Gasteiger partial charge is 0.486 e. The number of fused-ring (bicyclic) bond motifs is 1. The number of ether oxygens (including phenoxy) is 1.